The van der Waals surface area contributed by atoms with Crippen molar-refractivity contribution in [2.45, 2.75) is 39.5 Å². The number of nitrogens with zero attached hydrogens (tertiary/aromatic N) is 4. The molecule has 0 N–H and O–H groups in total. The van der Waals surface area contributed by atoms with E-state index in [4.69, 9.17) is 0 Å². The van der Waals surface area contributed by atoms with Crippen LogP contribution in [0.5, 0.6) is 0 Å². The molecule has 12 heteroatoms. The van der Waals surface area contributed by atoms with Crippen molar-refractivity contribution < 1.29 is 19.8 Å². The van der Waals surface area contributed by atoms with E-state index in [-0.39, 0.29) is 13.2 Å². The number of aryl methyl sites for hydroxylation is 4. The van der Waals surface area contributed by atoms with Crippen molar-refractivity contribution in [1.29, 1.82) is 0 Å². The standard InChI is InChI=1S/C14H18N4O6S2/c1-9-11(5-7-23-17(19)20)25-13(15-9)3-4-14-16-10(2)12(26-14)6-8-24-18(21)22/h3-8H2,1-2H3. The Hall–Kier alpha value is -2.34. The number of hydrogen-bond acceptors (Lipinski definition) is 10. The molecule has 2 heterocycles. The number of rotatable bonds is 11. The smallest absolute Gasteiger partial charge is 0.294 e. The molecular formula is C14H18N4O6S2. The van der Waals surface area contributed by atoms with Gasteiger partial charge in [-0.1, -0.05) is 0 Å². The Kier molecular flexibility index (Phi) is 7.21. The van der Waals surface area contributed by atoms with Crippen molar-refractivity contribution >= 4 is 22.7 Å². The fraction of sp³-hybridized carbons (Fsp3) is 0.571. The molecule has 142 valence electrons. The van der Waals surface area contributed by atoms with Gasteiger partial charge in [0.2, 0.25) is 0 Å². The van der Waals surface area contributed by atoms with Crippen LogP contribution in [-0.4, -0.2) is 33.4 Å². The van der Waals surface area contributed by atoms with Gasteiger partial charge in [0.1, 0.15) is 13.2 Å². The summed E-state index contributed by atoms with van der Waals surface area (Å²) in [6.07, 6.45) is 2.36. The molecule has 0 spiro atoms. The molecule has 0 aliphatic heterocycles. The van der Waals surface area contributed by atoms with Crippen molar-refractivity contribution in [3.8, 4) is 0 Å². The van der Waals surface area contributed by atoms with Gasteiger partial charge in [0.25, 0.3) is 10.2 Å². The molecule has 0 aliphatic rings. The van der Waals surface area contributed by atoms with Crippen molar-refractivity contribution in [2.24, 2.45) is 0 Å². The highest BCUT2D eigenvalue weighted by Gasteiger charge is 2.12. The molecular weight excluding hydrogens is 384 g/mol. The predicted octanol–water partition coefficient (Wildman–Crippen LogP) is 2.50. The maximum atomic E-state index is 10.2. The Morgan fingerprint density at radius 1 is 0.808 bits per heavy atom. The van der Waals surface area contributed by atoms with Gasteiger partial charge >= 0.3 is 0 Å². The summed E-state index contributed by atoms with van der Waals surface area (Å²) < 4.78 is 0. The maximum absolute atomic E-state index is 10.2. The van der Waals surface area contributed by atoms with Gasteiger partial charge in [-0.3, -0.25) is 0 Å². The predicted molar refractivity (Wildman–Crippen MR) is 94.4 cm³/mol. The van der Waals surface area contributed by atoms with E-state index in [0.29, 0.717) is 12.8 Å². The fourth-order valence-electron chi connectivity index (χ4n) is 2.29. The second kappa shape index (κ2) is 9.38. The van der Waals surface area contributed by atoms with E-state index in [1.54, 1.807) is 0 Å². The number of thiazole rings is 2. The molecule has 26 heavy (non-hydrogen) atoms. The molecule has 0 fully saturated rings. The summed E-state index contributed by atoms with van der Waals surface area (Å²) in [6, 6.07) is 0. The van der Waals surface area contributed by atoms with Gasteiger partial charge in [0.05, 0.1) is 21.4 Å². The minimum atomic E-state index is -0.795. The van der Waals surface area contributed by atoms with Crippen LogP contribution < -0.4 is 0 Å². The normalized spacial score (nSPS) is 10.7. The van der Waals surface area contributed by atoms with Crippen LogP contribution in [0, 0.1) is 34.1 Å². The molecule has 0 aromatic carbocycles. The second-order valence-electron chi connectivity index (χ2n) is 5.35. The highest BCUT2D eigenvalue weighted by atomic mass is 32.1. The zero-order valence-corrected chi connectivity index (χ0v) is 15.9. The lowest BCUT2D eigenvalue weighted by Gasteiger charge is -1.97. The minimum Gasteiger partial charge on any atom is -0.314 e. The molecule has 2 aromatic heterocycles. The van der Waals surface area contributed by atoms with Crippen molar-refractivity contribution in [3.05, 3.63) is 51.4 Å². The first-order chi connectivity index (χ1) is 12.3. The monoisotopic (exact) mass is 402 g/mol. The first-order valence-electron chi connectivity index (χ1n) is 7.80. The van der Waals surface area contributed by atoms with E-state index in [2.05, 4.69) is 19.6 Å². The second-order valence-corrected chi connectivity index (χ2v) is 7.68. The van der Waals surface area contributed by atoms with E-state index in [1.807, 2.05) is 13.8 Å². The Balaban J connectivity index is 1.86. The third kappa shape index (κ3) is 6.19. The van der Waals surface area contributed by atoms with Gasteiger partial charge in [-0.05, 0) is 13.8 Å². The molecule has 0 aliphatic carbocycles. The Bertz CT molecular complexity index is 711. The summed E-state index contributed by atoms with van der Waals surface area (Å²) in [5.41, 5.74) is 1.73. The Labute approximate surface area is 157 Å². The molecule has 0 atom stereocenters. The summed E-state index contributed by atoms with van der Waals surface area (Å²) in [6.45, 7) is 3.80. The molecule has 0 saturated heterocycles. The van der Waals surface area contributed by atoms with Crippen LogP contribution in [0.25, 0.3) is 0 Å². The molecule has 0 bridgehead atoms. The third-order valence-corrected chi connectivity index (χ3v) is 6.03. The summed E-state index contributed by atoms with van der Waals surface area (Å²) in [5.74, 6) is 0. The quantitative estimate of drug-likeness (QED) is 0.414. The topological polar surface area (TPSA) is 131 Å². The number of hydrogen-bond donors (Lipinski definition) is 0. The lowest BCUT2D eigenvalue weighted by atomic mass is 10.3. The fourth-order valence-corrected chi connectivity index (χ4v) is 4.39. The molecule has 2 rings (SSSR count). The lowest BCUT2D eigenvalue weighted by Crippen LogP contribution is -2.04. The van der Waals surface area contributed by atoms with Crippen molar-refractivity contribution in [3.63, 3.8) is 0 Å². The van der Waals surface area contributed by atoms with Gasteiger partial charge in [-0.25, -0.2) is 9.97 Å². The van der Waals surface area contributed by atoms with Crippen LogP contribution >= 0.6 is 22.7 Å². The maximum Gasteiger partial charge on any atom is 0.294 e. The van der Waals surface area contributed by atoms with Crippen LogP contribution in [0.1, 0.15) is 31.2 Å². The Morgan fingerprint density at radius 3 is 1.54 bits per heavy atom. The van der Waals surface area contributed by atoms with E-state index >= 15 is 0 Å². The zero-order valence-electron chi connectivity index (χ0n) is 14.3. The van der Waals surface area contributed by atoms with E-state index in [9.17, 15) is 20.2 Å². The van der Waals surface area contributed by atoms with E-state index in [1.165, 1.54) is 22.7 Å². The van der Waals surface area contributed by atoms with Crippen molar-refractivity contribution in [1.82, 2.24) is 9.97 Å². The zero-order chi connectivity index (χ0) is 19.1. The van der Waals surface area contributed by atoms with Crippen LogP contribution in [0.2, 0.25) is 0 Å². The van der Waals surface area contributed by atoms with Crippen LogP contribution in [0.4, 0.5) is 0 Å². The molecule has 2 aromatic rings. The van der Waals surface area contributed by atoms with Gasteiger partial charge in [-0.15, -0.1) is 42.9 Å². The highest BCUT2D eigenvalue weighted by molar-refractivity contribution is 7.12. The van der Waals surface area contributed by atoms with Crippen LogP contribution in [0.15, 0.2) is 0 Å². The van der Waals surface area contributed by atoms with Gasteiger partial charge in [-0.2, -0.15) is 0 Å². The summed E-state index contributed by atoms with van der Waals surface area (Å²) in [7, 11) is 0. The van der Waals surface area contributed by atoms with Crippen LogP contribution in [0.3, 0.4) is 0 Å². The first kappa shape index (κ1) is 20.0. The molecule has 0 saturated carbocycles. The van der Waals surface area contributed by atoms with Gasteiger partial charge < -0.3 is 9.68 Å². The summed E-state index contributed by atoms with van der Waals surface area (Å²) >= 11 is 3.05. The average Bonchev–Trinajstić information content (AvgIpc) is 3.08. The third-order valence-electron chi connectivity index (χ3n) is 3.48. The Morgan fingerprint density at radius 2 is 1.19 bits per heavy atom. The van der Waals surface area contributed by atoms with E-state index in [0.717, 1.165) is 44.0 Å². The lowest BCUT2D eigenvalue weighted by molar-refractivity contribution is -0.757. The SMILES string of the molecule is Cc1nc(CCc2nc(C)c(CCO[N+](=O)[O-])s2)sc1CCO[N+](=O)[O-]. The van der Waals surface area contributed by atoms with Crippen LogP contribution in [-0.2, 0) is 35.4 Å². The van der Waals surface area contributed by atoms with E-state index < -0.39 is 10.2 Å². The first-order valence-corrected chi connectivity index (χ1v) is 9.43. The van der Waals surface area contributed by atoms with Gasteiger partial charge in [0, 0.05) is 35.4 Å². The number of aromatic nitrogens is 2. The minimum absolute atomic E-state index is 0.0245. The molecule has 0 radical (unpaired) electrons. The summed E-state index contributed by atoms with van der Waals surface area (Å²) in [5, 5.41) is 20.7. The largest absolute Gasteiger partial charge is 0.314 e. The molecule has 0 amide bonds. The molecule has 10 nitrogen and oxygen atoms in total. The molecule has 0 unspecified atom stereocenters. The van der Waals surface area contributed by atoms with Gasteiger partial charge in [0.15, 0.2) is 0 Å². The van der Waals surface area contributed by atoms with Crippen molar-refractivity contribution in [2.75, 3.05) is 13.2 Å². The summed E-state index contributed by atoms with van der Waals surface area (Å²) in [4.78, 5) is 40.0. The average molecular weight is 402 g/mol. The highest BCUT2D eigenvalue weighted by Crippen LogP contribution is 2.23.